The normalized spacial score (nSPS) is 33.5. The van der Waals surface area contributed by atoms with Gasteiger partial charge in [0.1, 0.15) is 6.10 Å². The molecule has 1 heterocycles. The van der Waals surface area contributed by atoms with E-state index in [1.807, 2.05) is 20.8 Å². The molecule has 12 heavy (non-hydrogen) atoms. The predicted molar refractivity (Wildman–Crippen MR) is 46.6 cm³/mol. The summed E-state index contributed by atoms with van der Waals surface area (Å²) in [5, 5.41) is 12.3. The van der Waals surface area contributed by atoms with Crippen molar-refractivity contribution in [2.75, 3.05) is 0 Å². The van der Waals surface area contributed by atoms with Crippen LogP contribution in [0.15, 0.2) is 0 Å². The molecule has 0 aromatic rings. The van der Waals surface area contributed by atoms with Crippen LogP contribution < -0.4 is 5.32 Å². The number of rotatable bonds is 2. The lowest BCUT2D eigenvalue weighted by molar-refractivity contribution is -0.127. The summed E-state index contributed by atoms with van der Waals surface area (Å²) < 4.78 is 0. The van der Waals surface area contributed by atoms with E-state index in [9.17, 15) is 9.90 Å². The molecule has 1 amide bonds. The molecule has 0 radical (unpaired) electrons. The topological polar surface area (TPSA) is 49.3 Å². The van der Waals surface area contributed by atoms with Gasteiger partial charge in [-0.2, -0.15) is 0 Å². The summed E-state index contributed by atoms with van der Waals surface area (Å²) in [7, 11) is 0. The van der Waals surface area contributed by atoms with E-state index in [2.05, 4.69) is 5.32 Å². The number of carbonyl (C=O) groups excluding carboxylic acids is 1. The Hall–Kier alpha value is -0.570. The van der Waals surface area contributed by atoms with E-state index >= 15 is 0 Å². The van der Waals surface area contributed by atoms with Crippen molar-refractivity contribution in [2.24, 2.45) is 5.92 Å². The number of hydrogen-bond donors (Lipinski definition) is 2. The Balaban J connectivity index is 2.86. The van der Waals surface area contributed by atoms with E-state index in [0.717, 1.165) is 12.8 Å². The Kier molecular flexibility index (Phi) is 2.42. The Morgan fingerprint density at radius 3 is 2.17 bits per heavy atom. The van der Waals surface area contributed by atoms with Crippen molar-refractivity contribution in [2.45, 2.75) is 45.3 Å². The minimum atomic E-state index is -0.815. The Morgan fingerprint density at radius 2 is 2.00 bits per heavy atom. The van der Waals surface area contributed by atoms with Gasteiger partial charge < -0.3 is 10.4 Å². The minimum absolute atomic E-state index is 0.0278. The van der Waals surface area contributed by atoms with Crippen LogP contribution in [-0.4, -0.2) is 22.7 Å². The van der Waals surface area contributed by atoms with E-state index in [4.69, 9.17) is 0 Å². The molecule has 0 saturated carbocycles. The Labute approximate surface area is 73.2 Å². The largest absolute Gasteiger partial charge is 0.383 e. The van der Waals surface area contributed by atoms with Crippen LogP contribution in [0.5, 0.6) is 0 Å². The van der Waals surface area contributed by atoms with Crippen LogP contribution in [0.4, 0.5) is 0 Å². The molecule has 0 aromatic heterocycles. The zero-order chi connectivity index (χ0) is 9.35. The van der Waals surface area contributed by atoms with Crippen molar-refractivity contribution in [3.8, 4) is 0 Å². The van der Waals surface area contributed by atoms with Crippen molar-refractivity contribution >= 4 is 5.91 Å². The van der Waals surface area contributed by atoms with Gasteiger partial charge in [-0.1, -0.05) is 20.8 Å². The fourth-order valence-electron chi connectivity index (χ4n) is 2.03. The molecular formula is C9H17NO2. The van der Waals surface area contributed by atoms with Gasteiger partial charge in [0.15, 0.2) is 0 Å². The summed E-state index contributed by atoms with van der Waals surface area (Å²) in [6.07, 6.45) is 0.950. The minimum Gasteiger partial charge on any atom is -0.383 e. The van der Waals surface area contributed by atoms with Crippen molar-refractivity contribution in [1.29, 1.82) is 0 Å². The van der Waals surface area contributed by atoms with E-state index in [1.54, 1.807) is 0 Å². The maximum absolute atomic E-state index is 11.2. The van der Waals surface area contributed by atoms with Gasteiger partial charge in [0, 0.05) is 11.5 Å². The van der Waals surface area contributed by atoms with Gasteiger partial charge in [0.2, 0.25) is 5.91 Å². The molecule has 2 N–H and O–H groups in total. The molecule has 0 unspecified atom stereocenters. The zero-order valence-electron chi connectivity index (χ0n) is 7.92. The Bertz CT molecular complexity index is 187. The summed E-state index contributed by atoms with van der Waals surface area (Å²) in [5.74, 6) is -0.189. The summed E-state index contributed by atoms with van der Waals surface area (Å²) in [6.45, 7) is 6.01. The average molecular weight is 171 g/mol. The van der Waals surface area contributed by atoms with Gasteiger partial charge in [-0.3, -0.25) is 4.79 Å². The number of aliphatic hydroxyl groups excluding tert-OH is 1. The van der Waals surface area contributed by atoms with E-state index in [-0.39, 0.29) is 17.4 Å². The number of nitrogens with one attached hydrogen (secondary N) is 1. The SMILES string of the molecule is CCC1(CC)NC(=O)[C@H](O)[C@H]1C. The molecule has 1 saturated heterocycles. The maximum Gasteiger partial charge on any atom is 0.249 e. The zero-order valence-corrected chi connectivity index (χ0v) is 7.92. The molecule has 1 aliphatic heterocycles. The first-order valence-corrected chi connectivity index (χ1v) is 4.57. The lowest BCUT2D eigenvalue weighted by Crippen LogP contribution is -2.44. The van der Waals surface area contributed by atoms with Crippen LogP contribution in [0.1, 0.15) is 33.6 Å². The third kappa shape index (κ3) is 1.12. The van der Waals surface area contributed by atoms with E-state index < -0.39 is 6.10 Å². The van der Waals surface area contributed by atoms with Gasteiger partial charge in [-0.15, -0.1) is 0 Å². The quantitative estimate of drug-likeness (QED) is 0.641. The first-order valence-electron chi connectivity index (χ1n) is 4.57. The summed E-state index contributed by atoms with van der Waals surface area (Å²) >= 11 is 0. The molecule has 1 rings (SSSR count). The smallest absolute Gasteiger partial charge is 0.249 e. The maximum atomic E-state index is 11.2. The number of amides is 1. The van der Waals surface area contributed by atoms with Crippen LogP contribution in [0.3, 0.4) is 0 Å². The number of hydrogen-bond acceptors (Lipinski definition) is 2. The summed E-state index contributed by atoms with van der Waals surface area (Å²) in [5.41, 5.74) is -0.170. The van der Waals surface area contributed by atoms with Crippen LogP contribution in [0.25, 0.3) is 0 Å². The van der Waals surface area contributed by atoms with E-state index in [0.29, 0.717) is 0 Å². The van der Waals surface area contributed by atoms with Gasteiger partial charge in [-0.05, 0) is 12.8 Å². The van der Waals surface area contributed by atoms with Crippen LogP contribution in [-0.2, 0) is 4.79 Å². The second-order valence-electron chi connectivity index (χ2n) is 3.59. The highest BCUT2D eigenvalue weighted by Crippen LogP contribution is 2.32. The molecule has 0 spiro atoms. The second-order valence-corrected chi connectivity index (χ2v) is 3.59. The molecule has 3 heteroatoms. The van der Waals surface area contributed by atoms with Crippen molar-refractivity contribution in [3.05, 3.63) is 0 Å². The lowest BCUT2D eigenvalue weighted by atomic mass is 9.81. The van der Waals surface area contributed by atoms with Crippen LogP contribution in [0, 0.1) is 5.92 Å². The third-order valence-electron chi connectivity index (χ3n) is 3.25. The van der Waals surface area contributed by atoms with Gasteiger partial charge in [-0.25, -0.2) is 0 Å². The fourth-order valence-corrected chi connectivity index (χ4v) is 2.03. The Morgan fingerprint density at radius 1 is 1.50 bits per heavy atom. The molecular weight excluding hydrogens is 154 g/mol. The molecule has 2 atom stereocenters. The van der Waals surface area contributed by atoms with Crippen molar-refractivity contribution in [3.63, 3.8) is 0 Å². The molecule has 0 aromatic carbocycles. The van der Waals surface area contributed by atoms with E-state index in [1.165, 1.54) is 0 Å². The predicted octanol–water partition coefficient (Wildman–Crippen LogP) is 0.672. The lowest BCUT2D eigenvalue weighted by Gasteiger charge is -2.31. The molecule has 1 aliphatic rings. The number of aliphatic hydroxyl groups is 1. The monoisotopic (exact) mass is 171 g/mol. The first-order chi connectivity index (χ1) is 5.57. The van der Waals surface area contributed by atoms with Gasteiger partial charge in [0.25, 0.3) is 0 Å². The van der Waals surface area contributed by atoms with Gasteiger partial charge >= 0.3 is 0 Å². The number of carbonyl (C=O) groups is 1. The average Bonchev–Trinajstić information content (AvgIpc) is 2.30. The third-order valence-corrected chi connectivity index (χ3v) is 3.25. The highest BCUT2D eigenvalue weighted by molar-refractivity contribution is 5.84. The molecule has 0 aliphatic carbocycles. The van der Waals surface area contributed by atoms with Crippen LogP contribution in [0.2, 0.25) is 0 Å². The standard InChI is InChI=1S/C9H17NO2/c1-4-9(5-2)6(3)7(11)8(12)10-9/h6-7,11H,4-5H2,1-3H3,(H,10,12)/t6-,7-/m1/s1. The first kappa shape index (κ1) is 9.52. The molecule has 0 bridgehead atoms. The fraction of sp³-hybridized carbons (Fsp3) is 0.889. The van der Waals surface area contributed by atoms with Crippen molar-refractivity contribution in [1.82, 2.24) is 5.32 Å². The van der Waals surface area contributed by atoms with Gasteiger partial charge in [0.05, 0.1) is 0 Å². The highest BCUT2D eigenvalue weighted by Gasteiger charge is 2.47. The molecule has 70 valence electrons. The summed E-state index contributed by atoms with van der Waals surface area (Å²) in [6, 6.07) is 0. The highest BCUT2D eigenvalue weighted by atomic mass is 16.3. The van der Waals surface area contributed by atoms with Crippen molar-refractivity contribution < 1.29 is 9.90 Å². The molecule has 1 fully saturated rings. The molecule has 3 nitrogen and oxygen atoms in total. The summed E-state index contributed by atoms with van der Waals surface area (Å²) in [4.78, 5) is 11.2. The second kappa shape index (κ2) is 3.05. The van der Waals surface area contributed by atoms with Crippen LogP contribution >= 0.6 is 0 Å².